The number of halogens is 3. The zero-order valence-corrected chi connectivity index (χ0v) is 21.2. The average molecular weight is 565 g/mol. The summed E-state index contributed by atoms with van der Waals surface area (Å²) >= 11 is 1.81. The third kappa shape index (κ3) is 7.19. The van der Waals surface area contributed by atoms with Crippen LogP contribution in [-0.2, 0) is 13.6 Å². The SMILES string of the molecule is CSCCCNC(=NCc1nnc(C)n1C)NC1CCN(c2ccc(F)cc2F)C1.I. The molecule has 1 unspecified atom stereocenters. The van der Waals surface area contributed by atoms with E-state index in [0.717, 1.165) is 42.9 Å². The Morgan fingerprint density at radius 3 is 2.81 bits per heavy atom. The topological polar surface area (TPSA) is 70.4 Å². The number of hydrogen-bond donors (Lipinski definition) is 2. The normalized spacial score (nSPS) is 16.4. The van der Waals surface area contributed by atoms with E-state index in [1.54, 1.807) is 0 Å². The number of anilines is 1. The van der Waals surface area contributed by atoms with Gasteiger partial charge in [-0.25, -0.2) is 13.8 Å². The van der Waals surface area contributed by atoms with Crippen molar-refractivity contribution < 1.29 is 8.78 Å². The van der Waals surface area contributed by atoms with Gasteiger partial charge in [-0.3, -0.25) is 0 Å². The van der Waals surface area contributed by atoms with Gasteiger partial charge in [-0.05, 0) is 43.9 Å². The predicted octanol–water partition coefficient (Wildman–Crippen LogP) is 3.09. The zero-order valence-electron chi connectivity index (χ0n) is 18.1. The van der Waals surface area contributed by atoms with Gasteiger partial charge in [0.25, 0.3) is 0 Å². The number of nitrogens with zero attached hydrogens (tertiary/aromatic N) is 5. The maximum absolute atomic E-state index is 14.1. The lowest BCUT2D eigenvalue weighted by Crippen LogP contribution is -2.45. The Hall–Kier alpha value is -1.63. The summed E-state index contributed by atoms with van der Waals surface area (Å²) in [5.41, 5.74) is 0.432. The van der Waals surface area contributed by atoms with Crippen LogP contribution in [0.2, 0.25) is 0 Å². The van der Waals surface area contributed by atoms with Crippen molar-refractivity contribution in [2.75, 3.05) is 36.5 Å². The Bertz CT molecular complexity index is 877. The van der Waals surface area contributed by atoms with Gasteiger partial charge in [-0.15, -0.1) is 34.2 Å². The van der Waals surface area contributed by atoms with Gasteiger partial charge in [-0.2, -0.15) is 11.8 Å². The van der Waals surface area contributed by atoms with E-state index >= 15 is 0 Å². The summed E-state index contributed by atoms with van der Waals surface area (Å²) < 4.78 is 29.2. The summed E-state index contributed by atoms with van der Waals surface area (Å²) in [5.74, 6) is 2.33. The van der Waals surface area contributed by atoms with Crippen molar-refractivity contribution in [3.05, 3.63) is 41.5 Å². The first-order chi connectivity index (χ1) is 14.5. The van der Waals surface area contributed by atoms with Gasteiger partial charge in [0.15, 0.2) is 11.8 Å². The molecule has 1 fully saturated rings. The second-order valence-electron chi connectivity index (χ2n) is 7.33. The maximum atomic E-state index is 14.1. The first kappa shape index (κ1) is 25.6. The third-order valence-corrected chi connectivity index (χ3v) is 5.86. The van der Waals surface area contributed by atoms with Gasteiger partial charge < -0.3 is 20.1 Å². The highest BCUT2D eigenvalue weighted by molar-refractivity contribution is 14.0. The van der Waals surface area contributed by atoms with Gasteiger partial charge in [0.1, 0.15) is 24.0 Å². The molecule has 2 heterocycles. The zero-order chi connectivity index (χ0) is 21.5. The number of guanidine groups is 1. The average Bonchev–Trinajstić information content (AvgIpc) is 3.30. The Morgan fingerprint density at radius 1 is 1.32 bits per heavy atom. The van der Waals surface area contributed by atoms with E-state index in [-0.39, 0.29) is 30.0 Å². The highest BCUT2D eigenvalue weighted by Gasteiger charge is 2.25. The molecule has 3 rings (SSSR count). The molecule has 31 heavy (non-hydrogen) atoms. The molecule has 2 aromatic rings. The smallest absolute Gasteiger partial charge is 0.191 e. The van der Waals surface area contributed by atoms with E-state index < -0.39 is 11.6 Å². The largest absolute Gasteiger partial charge is 0.367 e. The number of nitrogens with one attached hydrogen (secondary N) is 2. The van der Waals surface area contributed by atoms with E-state index in [1.807, 2.05) is 35.2 Å². The molecule has 172 valence electrons. The fraction of sp³-hybridized carbons (Fsp3) is 0.550. The van der Waals surface area contributed by atoms with Gasteiger partial charge in [0.2, 0.25) is 0 Å². The molecule has 0 spiro atoms. The Morgan fingerprint density at radius 2 is 2.13 bits per heavy atom. The van der Waals surface area contributed by atoms with Crippen molar-refractivity contribution in [2.45, 2.75) is 32.4 Å². The summed E-state index contributed by atoms with van der Waals surface area (Å²) in [7, 11) is 1.92. The van der Waals surface area contributed by atoms with Gasteiger partial charge in [0.05, 0.1) is 5.69 Å². The van der Waals surface area contributed by atoms with E-state index in [4.69, 9.17) is 0 Å². The Kier molecular flexibility index (Phi) is 10.3. The molecule has 0 radical (unpaired) electrons. The minimum atomic E-state index is -0.562. The lowest BCUT2D eigenvalue weighted by atomic mass is 10.2. The standard InChI is InChI=1S/C20H29F2N7S.HI/c1-14-26-27-19(28(14)2)12-24-20(23-8-4-10-30-3)25-16-7-9-29(13-16)18-6-5-15(21)11-17(18)22;/h5-6,11,16H,4,7-10,12-13H2,1-3H3,(H2,23,24,25);1H. The molecule has 7 nitrogen and oxygen atoms in total. The van der Waals surface area contributed by atoms with Crippen LogP contribution in [0.1, 0.15) is 24.5 Å². The van der Waals surface area contributed by atoms with Crippen LogP contribution in [-0.4, -0.2) is 58.4 Å². The van der Waals surface area contributed by atoms with Crippen LogP contribution in [0, 0.1) is 18.6 Å². The number of thioether (sulfide) groups is 1. The highest BCUT2D eigenvalue weighted by Crippen LogP contribution is 2.24. The summed E-state index contributed by atoms with van der Waals surface area (Å²) in [4.78, 5) is 6.61. The third-order valence-electron chi connectivity index (χ3n) is 5.16. The Labute approximate surface area is 203 Å². The molecule has 1 aromatic carbocycles. The molecule has 0 bridgehead atoms. The van der Waals surface area contributed by atoms with Gasteiger partial charge in [0, 0.05) is 38.8 Å². The van der Waals surface area contributed by atoms with Gasteiger partial charge in [-0.1, -0.05) is 0 Å². The number of aliphatic imine (C=N–C) groups is 1. The number of benzene rings is 1. The molecule has 1 aromatic heterocycles. The second-order valence-corrected chi connectivity index (χ2v) is 8.32. The van der Waals surface area contributed by atoms with Crippen molar-refractivity contribution in [3.8, 4) is 0 Å². The van der Waals surface area contributed by atoms with Crippen molar-refractivity contribution in [3.63, 3.8) is 0 Å². The molecular formula is C20H30F2IN7S. The van der Waals surface area contributed by atoms with Crippen LogP contribution in [0.15, 0.2) is 23.2 Å². The lowest BCUT2D eigenvalue weighted by Gasteiger charge is -2.21. The molecule has 0 amide bonds. The lowest BCUT2D eigenvalue weighted by molar-refractivity contribution is 0.580. The van der Waals surface area contributed by atoms with Crippen LogP contribution in [0.3, 0.4) is 0 Å². The number of rotatable bonds is 8. The number of aryl methyl sites for hydroxylation is 1. The summed E-state index contributed by atoms with van der Waals surface area (Å²) in [6, 6.07) is 3.84. The molecule has 11 heteroatoms. The Balaban J connectivity index is 0.00000341. The van der Waals surface area contributed by atoms with Crippen LogP contribution in [0.25, 0.3) is 0 Å². The second kappa shape index (κ2) is 12.4. The molecule has 1 saturated heterocycles. The summed E-state index contributed by atoms with van der Waals surface area (Å²) in [6.45, 7) is 4.45. The molecule has 1 aliphatic rings. The molecule has 1 aliphatic heterocycles. The van der Waals surface area contributed by atoms with Crippen molar-refractivity contribution >= 4 is 47.4 Å². The van der Waals surface area contributed by atoms with E-state index in [0.29, 0.717) is 31.3 Å². The van der Waals surface area contributed by atoms with E-state index in [9.17, 15) is 8.78 Å². The maximum Gasteiger partial charge on any atom is 0.191 e. The van der Waals surface area contributed by atoms with Crippen LogP contribution < -0.4 is 15.5 Å². The summed E-state index contributed by atoms with van der Waals surface area (Å²) in [6.07, 6.45) is 3.96. The van der Waals surface area contributed by atoms with Crippen LogP contribution >= 0.6 is 35.7 Å². The minimum Gasteiger partial charge on any atom is -0.367 e. The molecular weight excluding hydrogens is 535 g/mol. The molecule has 0 saturated carbocycles. The van der Waals surface area contributed by atoms with E-state index in [1.165, 1.54) is 12.1 Å². The first-order valence-corrected chi connectivity index (χ1v) is 11.5. The van der Waals surface area contributed by atoms with Crippen molar-refractivity contribution in [1.29, 1.82) is 0 Å². The quantitative estimate of drug-likeness (QED) is 0.222. The number of hydrogen-bond acceptors (Lipinski definition) is 5. The van der Waals surface area contributed by atoms with Crippen molar-refractivity contribution in [1.82, 2.24) is 25.4 Å². The van der Waals surface area contributed by atoms with Gasteiger partial charge >= 0.3 is 0 Å². The molecule has 1 atom stereocenters. The van der Waals surface area contributed by atoms with Crippen LogP contribution in [0.5, 0.6) is 0 Å². The highest BCUT2D eigenvalue weighted by atomic mass is 127. The predicted molar refractivity (Wildman–Crippen MR) is 133 cm³/mol. The first-order valence-electron chi connectivity index (χ1n) is 10.1. The monoisotopic (exact) mass is 565 g/mol. The number of aromatic nitrogens is 3. The minimum absolute atomic E-state index is 0. The van der Waals surface area contributed by atoms with Crippen LogP contribution in [0.4, 0.5) is 14.5 Å². The fourth-order valence-corrected chi connectivity index (χ4v) is 3.78. The summed E-state index contributed by atoms with van der Waals surface area (Å²) in [5, 5.41) is 15.1. The fourth-order valence-electron chi connectivity index (χ4n) is 3.34. The van der Waals surface area contributed by atoms with E-state index in [2.05, 4.69) is 32.1 Å². The van der Waals surface area contributed by atoms with Crippen molar-refractivity contribution in [2.24, 2.45) is 12.0 Å². The molecule has 0 aliphatic carbocycles. The molecule has 2 N–H and O–H groups in total.